The van der Waals surface area contributed by atoms with Crippen LogP contribution in [0, 0.1) is 0 Å². The smallest absolute Gasteiger partial charge is 0.242 e. The van der Waals surface area contributed by atoms with Crippen molar-refractivity contribution >= 4 is 22.4 Å². The number of rotatable bonds is 3. The molecule has 1 atom stereocenters. The zero-order valence-corrected chi connectivity index (χ0v) is 8.52. The molecule has 0 fully saturated rings. The summed E-state index contributed by atoms with van der Waals surface area (Å²) in [6.07, 6.45) is 2.70. The number of nitrogens with zero attached hydrogens (tertiary/aromatic N) is 1. The second-order valence-electron chi connectivity index (χ2n) is 2.76. The van der Waals surface area contributed by atoms with Crippen molar-refractivity contribution in [1.82, 2.24) is 4.98 Å². The van der Waals surface area contributed by atoms with E-state index in [2.05, 4.69) is 10.3 Å². The first kappa shape index (κ1) is 10.1. The van der Waals surface area contributed by atoms with Gasteiger partial charge >= 0.3 is 0 Å². The Morgan fingerprint density at radius 1 is 1.85 bits per heavy atom. The van der Waals surface area contributed by atoms with Crippen molar-refractivity contribution < 1.29 is 4.79 Å². The first-order valence-corrected chi connectivity index (χ1v) is 4.96. The van der Waals surface area contributed by atoms with E-state index in [1.165, 1.54) is 11.3 Å². The van der Waals surface area contributed by atoms with Crippen molar-refractivity contribution in [3.8, 4) is 0 Å². The summed E-state index contributed by atoms with van der Waals surface area (Å²) >= 11 is 1.48. The maximum atomic E-state index is 11.1. The first-order chi connectivity index (χ1) is 6.13. The maximum absolute atomic E-state index is 11.1. The van der Waals surface area contributed by atoms with E-state index in [9.17, 15) is 4.79 Å². The molecule has 0 radical (unpaired) electrons. The number of hydrogen-bond acceptors (Lipinski definition) is 4. The lowest BCUT2D eigenvalue weighted by molar-refractivity contribution is -0.117. The molecule has 1 aromatic rings. The molecule has 0 saturated heterocycles. The summed E-state index contributed by atoms with van der Waals surface area (Å²) in [4.78, 5) is 16.3. The van der Waals surface area contributed by atoms with E-state index >= 15 is 0 Å². The molecule has 0 saturated carbocycles. The maximum Gasteiger partial charge on any atom is 0.242 e. The highest BCUT2D eigenvalue weighted by atomic mass is 32.1. The highest BCUT2D eigenvalue weighted by Crippen LogP contribution is 2.18. The average molecular weight is 199 g/mol. The number of nitrogens with two attached hydrogens (primary N) is 1. The Bertz CT molecular complexity index is 295. The number of carbonyl (C=O) groups excluding carboxylic acids is 1. The van der Waals surface area contributed by atoms with Crippen LogP contribution < -0.4 is 11.1 Å². The number of aromatic nitrogens is 1. The second kappa shape index (κ2) is 4.34. The van der Waals surface area contributed by atoms with Gasteiger partial charge in [0.1, 0.15) is 0 Å². The van der Waals surface area contributed by atoms with Crippen molar-refractivity contribution in [2.45, 2.75) is 26.3 Å². The number of thiazole rings is 1. The van der Waals surface area contributed by atoms with Crippen LogP contribution in [0.5, 0.6) is 0 Å². The van der Waals surface area contributed by atoms with Gasteiger partial charge in [-0.25, -0.2) is 4.98 Å². The van der Waals surface area contributed by atoms with Gasteiger partial charge in [-0.05, 0) is 13.3 Å². The molecule has 0 bridgehead atoms. The number of amides is 1. The molecule has 13 heavy (non-hydrogen) atoms. The molecule has 1 aromatic heterocycles. The third kappa shape index (κ3) is 2.78. The van der Waals surface area contributed by atoms with E-state index in [0.717, 1.165) is 11.3 Å². The first-order valence-electron chi connectivity index (χ1n) is 4.14. The van der Waals surface area contributed by atoms with E-state index in [1.807, 2.05) is 6.92 Å². The summed E-state index contributed by atoms with van der Waals surface area (Å²) in [5.41, 5.74) is 5.39. The van der Waals surface area contributed by atoms with Crippen molar-refractivity contribution in [3.63, 3.8) is 0 Å². The summed E-state index contributed by atoms with van der Waals surface area (Å²) in [6.45, 7) is 3.69. The molecule has 3 N–H and O–H groups in total. The summed E-state index contributed by atoms with van der Waals surface area (Å²) < 4.78 is 0. The van der Waals surface area contributed by atoms with E-state index in [1.54, 1.807) is 13.1 Å². The Kier molecular flexibility index (Phi) is 3.39. The van der Waals surface area contributed by atoms with Crippen LogP contribution in [-0.2, 0) is 11.2 Å². The molecule has 1 rings (SSSR count). The normalized spacial score (nSPS) is 12.5. The third-order valence-corrected chi connectivity index (χ3v) is 2.60. The molecule has 0 aliphatic rings. The molecule has 1 heterocycles. The molecule has 0 unspecified atom stereocenters. The van der Waals surface area contributed by atoms with Gasteiger partial charge in [0.25, 0.3) is 0 Å². The fraction of sp³-hybridized carbons (Fsp3) is 0.500. The largest absolute Gasteiger partial charge is 0.320 e. The summed E-state index contributed by atoms with van der Waals surface area (Å²) in [5, 5.41) is 3.26. The van der Waals surface area contributed by atoms with Crippen molar-refractivity contribution in [2.24, 2.45) is 5.73 Å². The zero-order chi connectivity index (χ0) is 9.84. The molecule has 0 aromatic carbocycles. The van der Waals surface area contributed by atoms with E-state index in [-0.39, 0.29) is 5.91 Å². The summed E-state index contributed by atoms with van der Waals surface area (Å²) in [5.74, 6) is -0.197. The number of aryl methyl sites for hydroxylation is 1. The van der Waals surface area contributed by atoms with Gasteiger partial charge in [-0.2, -0.15) is 0 Å². The monoisotopic (exact) mass is 199 g/mol. The van der Waals surface area contributed by atoms with Gasteiger partial charge in [0, 0.05) is 11.1 Å². The molecular weight excluding hydrogens is 186 g/mol. The Morgan fingerprint density at radius 2 is 2.54 bits per heavy atom. The average Bonchev–Trinajstić information content (AvgIpc) is 2.52. The minimum atomic E-state index is -0.492. The van der Waals surface area contributed by atoms with Crippen LogP contribution in [0.25, 0.3) is 0 Å². The van der Waals surface area contributed by atoms with Gasteiger partial charge in [-0.15, -0.1) is 11.3 Å². The predicted octanol–water partition coefficient (Wildman–Crippen LogP) is 0.991. The lowest BCUT2D eigenvalue weighted by Gasteiger charge is -2.03. The third-order valence-electron chi connectivity index (χ3n) is 1.55. The fourth-order valence-corrected chi connectivity index (χ4v) is 1.50. The number of nitrogens with one attached hydrogen (secondary N) is 1. The van der Waals surface area contributed by atoms with Crippen LogP contribution in [-0.4, -0.2) is 16.9 Å². The molecular formula is C8H13N3OS. The van der Waals surface area contributed by atoms with Gasteiger partial charge in [-0.3, -0.25) is 4.79 Å². The topological polar surface area (TPSA) is 68.0 Å². The van der Waals surface area contributed by atoms with Gasteiger partial charge in [0.15, 0.2) is 5.13 Å². The number of hydrogen-bond donors (Lipinski definition) is 2. The molecule has 0 aliphatic carbocycles. The molecule has 5 heteroatoms. The SMILES string of the molecule is CCc1cnc(NC(=O)[C@@H](C)N)s1. The quantitative estimate of drug-likeness (QED) is 0.762. The van der Waals surface area contributed by atoms with Crippen LogP contribution in [0.3, 0.4) is 0 Å². The molecule has 0 spiro atoms. The standard InChI is InChI=1S/C8H13N3OS/c1-3-6-4-10-8(13-6)11-7(12)5(2)9/h4-5H,3,9H2,1-2H3,(H,10,11,12)/t5-/m1/s1. The van der Waals surface area contributed by atoms with Crippen LogP contribution in [0.1, 0.15) is 18.7 Å². The molecule has 4 nitrogen and oxygen atoms in total. The Hall–Kier alpha value is -0.940. The van der Waals surface area contributed by atoms with Gasteiger partial charge in [0.2, 0.25) is 5.91 Å². The van der Waals surface area contributed by atoms with E-state index < -0.39 is 6.04 Å². The summed E-state index contributed by atoms with van der Waals surface area (Å²) in [6, 6.07) is -0.492. The van der Waals surface area contributed by atoms with Crippen molar-refractivity contribution in [3.05, 3.63) is 11.1 Å². The highest BCUT2D eigenvalue weighted by Gasteiger charge is 2.09. The minimum Gasteiger partial charge on any atom is -0.320 e. The van der Waals surface area contributed by atoms with Crippen LogP contribution >= 0.6 is 11.3 Å². The lowest BCUT2D eigenvalue weighted by atomic mass is 10.3. The Balaban J connectivity index is 2.59. The van der Waals surface area contributed by atoms with Gasteiger partial charge < -0.3 is 11.1 Å². The minimum absolute atomic E-state index is 0.197. The lowest BCUT2D eigenvalue weighted by Crippen LogP contribution is -2.32. The Labute approximate surface area is 81.2 Å². The highest BCUT2D eigenvalue weighted by molar-refractivity contribution is 7.15. The number of anilines is 1. The van der Waals surface area contributed by atoms with Crippen LogP contribution in [0.2, 0.25) is 0 Å². The molecule has 72 valence electrons. The second-order valence-corrected chi connectivity index (χ2v) is 3.88. The number of carbonyl (C=O) groups is 1. The summed E-state index contributed by atoms with van der Waals surface area (Å²) in [7, 11) is 0. The molecule has 0 aliphatic heterocycles. The van der Waals surface area contributed by atoms with Crippen LogP contribution in [0.4, 0.5) is 5.13 Å². The fourth-order valence-electron chi connectivity index (χ4n) is 0.748. The van der Waals surface area contributed by atoms with Crippen molar-refractivity contribution in [2.75, 3.05) is 5.32 Å². The van der Waals surface area contributed by atoms with E-state index in [4.69, 9.17) is 5.73 Å². The van der Waals surface area contributed by atoms with Gasteiger partial charge in [0.05, 0.1) is 6.04 Å². The molecule has 1 amide bonds. The predicted molar refractivity (Wildman–Crippen MR) is 53.8 cm³/mol. The van der Waals surface area contributed by atoms with Crippen molar-refractivity contribution in [1.29, 1.82) is 0 Å². The van der Waals surface area contributed by atoms with Gasteiger partial charge in [-0.1, -0.05) is 6.92 Å². The Morgan fingerprint density at radius 3 is 3.00 bits per heavy atom. The van der Waals surface area contributed by atoms with Crippen LogP contribution in [0.15, 0.2) is 6.20 Å². The zero-order valence-electron chi connectivity index (χ0n) is 7.70. The van der Waals surface area contributed by atoms with E-state index in [0.29, 0.717) is 5.13 Å².